The molecule has 21 heavy (non-hydrogen) atoms. The van der Waals surface area contributed by atoms with Gasteiger partial charge in [-0.25, -0.2) is 0 Å². The number of Topliss-reactive ketones (excluding diaryl/α,β-unsaturated/α-hetero) is 1. The number of benzene rings is 2. The Morgan fingerprint density at radius 3 is 2.33 bits per heavy atom. The molecule has 2 rings (SSSR count). The van der Waals surface area contributed by atoms with Gasteiger partial charge >= 0.3 is 0 Å². The molecule has 0 atom stereocenters. The van der Waals surface area contributed by atoms with E-state index in [1.807, 2.05) is 24.3 Å². The van der Waals surface area contributed by atoms with Crippen LogP contribution in [0.25, 0.3) is 0 Å². The number of halogens is 1. The van der Waals surface area contributed by atoms with Crippen molar-refractivity contribution in [3.05, 3.63) is 57.7 Å². The summed E-state index contributed by atoms with van der Waals surface area (Å²) in [7, 11) is 0. The van der Waals surface area contributed by atoms with Crippen LogP contribution in [-0.2, 0) is 4.79 Å². The Morgan fingerprint density at radius 1 is 1.05 bits per heavy atom. The zero-order valence-electron chi connectivity index (χ0n) is 11.5. The molecule has 0 unspecified atom stereocenters. The van der Waals surface area contributed by atoms with Crippen LogP contribution in [0.2, 0.25) is 0 Å². The Balaban J connectivity index is 1.90. The highest BCUT2D eigenvalue weighted by Gasteiger charge is 2.05. The van der Waals surface area contributed by atoms with Gasteiger partial charge in [0, 0.05) is 20.5 Å². The molecule has 5 heteroatoms. The summed E-state index contributed by atoms with van der Waals surface area (Å²) in [5.74, 6) is -0.126. The van der Waals surface area contributed by atoms with Crippen LogP contribution in [0.3, 0.4) is 0 Å². The van der Waals surface area contributed by atoms with Gasteiger partial charge in [-0.2, -0.15) is 0 Å². The predicted octanol–water partition coefficient (Wildman–Crippen LogP) is 3.54. The Hall–Kier alpha value is -1.89. The molecule has 108 valence electrons. The largest absolute Gasteiger partial charge is 0.375 e. The topological polar surface area (TPSA) is 58.2 Å². The molecular weight excluding hydrogens is 379 g/mol. The Labute approximate surface area is 137 Å². The van der Waals surface area contributed by atoms with E-state index in [9.17, 15) is 9.59 Å². The van der Waals surface area contributed by atoms with Gasteiger partial charge in [0.15, 0.2) is 5.78 Å². The van der Waals surface area contributed by atoms with Gasteiger partial charge in [-0.15, -0.1) is 0 Å². The summed E-state index contributed by atoms with van der Waals surface area (Å²) in [5, 5.41) is 5.87. The van der Waals surface area contributed by atoms with Crippen LogP contribution in [0.5, 0.6) is 0 Å². The van der Waals surface area contributed by atoms with Gasteiger partial charge in [0.2, 0.25) is 5.91 Å². The summed E-state index contributed by atoms with van der Waals surface area (Å²) < 4.78 is 1.06. The third-order valence-corrected chi connectivity index (χ3v) is 3.83. The number of ketones is 1. The summed E-state index contributed by atoms with van der Waals surface area (Å²) in [4.78, 5) is 23.0. The number of rotatable bonds is 5. The van der Waals surface area contributed by atoms with Crippen LogP contribution in [0.1, 0.15) is 17.3 Å². The van der Waals surface area contributed by atoms with Crippen LogP contribution >= 0.6 is 22.6 Å². The molecular formula is C16H15IN2O2. The van der Waals surface area contributed by atoms with Gasteiger partial charge in [0.1, 0.15) is 0 Å². The fourth-order valence-corrected chi connectivity index (χ4v) is 2.35. The molecule has 1 amide bonds. The first-order valence-electron chi connectivity index (χ1n) is 6.45. The highest BCUT2D eigenvalue weighted by molar-refractivity contribution is 14.1. The maximum Gasteiger partial charge on any atom is 0.243 e. The summed E-state index contributed by atoms with van der Waals surface area (Å²) in [6.45, 7) is 1.70. The fraction of sp³-hybridized carbons (Fsp3) is 0.125. The second kappa shape index (κ2) is 7.21. The number of hydrogen-bond donors (Lipinski definition) is 2. The first-order chi connectivity index (χ1) is 10.1. The first kappa shape index (κ1) is 15.5. The molecule has 0 spiro atoms. The minimum atomic E-state index is -0.134. The van der Waals surface area contributed by atoms with E-state index in [0.29, 0.717) is 11.3 Å². The lowest BCUT2D eigenvalue weighted by Crippen LogP contribution is -2.22. The van der Waals surface area contributed by atoms with Crippen molar-refractivity contribution < 1.29 is 9.59 Å². The van der Waals surface area contributed by atoms with Gasteiger partial charge in [-0.3, -0.25) is 9.59 Å². The average molecular weight is 394 g/mol. The Kier molecular flexibility index (Phi) is 5.32. The highest BCUT2D eigenvalue weighted by Crippen LogP contribution is 2.16. The zero-order valence-corrected chi connectivity index (χ0v) is 13.7. The molecule has 4 nitrogen and oxygen atoms in total. The molecule has 0 aromatic heterocycles. The lowest BCUT2D eigenvalue weighted by Gasteiger charge is -2.09. The predicted molar refractivity (Wildman–Crippen MR) is 92.7 cm³/mol. The molecule has 2 aromatic rings. The van der Waals surface area contributed by atoms with E-state index in [1.165, 1.54) is 6.92 Å². The van der Waals surface area contributed by atoms with Gasteiger partial charge in [-0.05, 0) is 65.9 Å². The highest BCUT2D eigenvalue weighted by atomic mass is 127. The number of carbonyl (C=O) groups is 2. The quantitative estimate of drug-likeness (QED) is 0.603. The molecule has 0 heterocycles. The SMILES string of the molecule is CC(=O)c1ccc(NC(=O)CNc2ccccc2I)cc1. The summed E-state index contributed by atoms with van der Waals surface area (Å²) >= 11 is 2.21. The standard InChI is InChI=1S/C16H15IN2O2/c1-11(20)12-6-8-13(9-7-12)19-16(21)10-18-15-5-3-2-4-14(15)17/h2-9,18H,10H2,1H3,(H,19,21). The number of para-hydroxylation sites is 1. The monoisotopic (exact) mass is 394 g/mol. The van der Waals surface area contributed by atoms with E-state index in [1.54, 1.807) is 24.3 Å². The van der Waals surface area contributed by atoms with Gasteiger partial charge in [0.25, 0.3) is 0 Å². The van der Waals surface area contributed by atoms with E-state index in [4.69, 9.17) is 0 Å². The first-order valence-corrected chi connectivity index (χ1v) is 7.53. The van der Waals surface area contributed by atoms with Crippen LogP contribution in [0, 0.1) is 3.57 Å². The van der Waals surface area contributed by atoms with Crippen molar-refractivity contribution in [1.29, 1.82) is 0 Å². The molecule has 0 aliphatic carbocycles. The normalized spacial score (nSPS) is 10.0. The molecule has 0 aliphatic heterocycles. The number of carbonyl (C=O) groups excluding carboxylic acids is 2. The van der Waals surface area contributed by atoms with E-state index in [2.05, 4.69) is 33.2 Å². The third-order valence-electron chi connectivity index (χ3n) is 2.89. The smallest absolute Gasteiger partial charge is 0.243 e. The number of hydrogen-bond acceptors (Lipinski definition) is 3. The van der Waals surface area contributed by atoms with Gasteiger partial charge in [0.05, 0.1) is 6.54 Å². The maximum absolute atomic E-state index is 11.9. The number of anilines is 2. The van der Waals surface area contributed by atoms with E-state index in [-0.39, 0.29) is 18.2 Å². The fourth-order valence-electron chi connectivity index (χ4n) is 1.77. The summed E-state index contributed by atoms with van der Waals surface area (Å²) in [5.41, 5.74) is 2.24. The maximum atomic E-state index is 11.9. The lowest BCUT2D eigenvalue weighted by atomic mass is 10.1. The molecule has 0 bridgehead atoms. The van der Waals surface area contributed by atoms with E-state index in [0.717, 1.165) is 9.26 Å². The average Bonchev–Trinajstić information content (AvgIpc) is 2.47. The number of amides is 1. The second-order valence-electron chi connectivity index (χ2n) is 4.52. The second-order valence-corrected chi connectivity index (χ2v) is 5.68. The van der Waals surface area contributed by atoms with Crippen LogP contribution in [0.15, 0.2) is 48.5 Å². The van der Waals surface area contributed by atoms with Crippen molar-refractivity contribution in [2.45, 2.75) is 6.92 Å². The van der Waals surface area contributed by atoms with Crippen molar-refractivity contribution in [1.82, 2.24) is 0 Å². The van der Waals surface area contributed by atoms with Gasteiger partial charge in [-0.1, -0.05) is 12.1 Å². The molecule has 0 saturated carbocycles. The number of nitrogens with one attached hydrogen (secondary N) is 2. The molecule has 0 fully saturated rings. The van der Waals surface area contributed by atoms with Crippen LogP contribution in [0.4, 0.5) is 11.4 Å². The Bertz CT molecular complexity index is 654. The molecule has 2 aromatic carbocycles. The molecule has 0 radical (unpaired) electrons. The zero-order chi connectivity index (χ0) is 15.2. The third kappa shape index (κ3) is 4.56. The lowest BCUT2D eigenvalue weighted by molar-refractivity contribution is -0.114. The minimum Gasteiger partial charge on any atom is -0.375 e. The van der Waals surface area contributed by atoms with Crippen LogP contribution < -0.4 is 10.6 Å². The van der Waals surface area contributed by atoms with Crippen LogP contribution in [-0.4, -0.2) is 18.2 Å². The summed E-state index contributed by atoms with van der Waals surface area (Å²) in [6, 6.07) is 14.6. The van der Waals surface area contributed by atoms with Gasteiger partial charge < -0.3 is 10.6 Å². The Morgan fingerprint density at radius 2 is 1.71 bits per heavy atom. The van der Waals surface area contributed by atoms with E-state index < -0.39 is 0 Å². The van der Waals surface area contributed by atoms with Crippen molar-refractivity contribution in [2.75, 3.05) is 17.2 Å². The molecule has 0 aliphatic rings. The molecule has 0 saturated heterocycles. The van der Waals surface area contributed by atoms with Crippen molar-refractivity contribution in [3.8, 4) is 0 Å². The van der Waals surface area contributed by atoms with Crippen molar-refractivity contribution >= 4 is 45.7 Å². The van der Waals surface area contributed by atoms with Crippen molar-refractivity contribution in [2.24, 2.45) is 0 Å². The van der Waals surface area contributed by atoms with E-state index >= 15 is 0 Å². The summed E-state index contributed by atoms with van der Waals surface area (Å²) in [6.07, 6.45) is 0. The minimum absolute atomic E-state index is 0.00759. The van der Waals surface area contributed by atoms with Crippen molar-refractivity contribution in [3.63, 3.8) is 0 Å². The molecule has 2 N–H and O–H groups in total.